The fourth-order valence-corrected chi connectivity index (χ4v) is 2.78. The highest BCUT2D eigenvalue weighted by Crippen LogP contribution is 2.28. The molecule has 1 N–H and O–H groups in total. The molecule has 2 rings (SSSR count). The summed E-state index contributed by atoms with van der Waals surface area (Å²) in [4.78, 5) is 4.14. The fraction of sp³-hybridized carbons (Fsp3) is 0.154. The average Bonchev–Trinajstić information content (AvgIpc) is 2.23. The van der Waals surface area contributed by atoms with Crippen LogP contribution < -0.4 is 5.32 Å². The number of hydrogen-bond donors (Lipinski definition) is 1. The third-order valence-electron chi connectivity index (χ3n) is 2.47. The molecule has 0 bridgehead atoms. The van der Waals surface area contributed by atoms with Crippen molar-refractivity contribution in [3.63, 3.8) is 0 Å². The first kappa shape index (κ1) is 12.6. The molecule has 0 aliphatic heterocycles. The SMILES string of the molecule is Cc1cc(Br)cc(C)c1Nc1cncc(Br)c1. The van der Waals surface area contributed by atoms with E-state index in [0.29, 0.717) is 0 Å². The molecule has 0 radical (unpaired) electrons. The maximum Gasteiger partial charge on any atom is 0.0582 e. The molecule has 4 heteroatoms. The van der Waals surface area contributed by atoms with Gasteiger partial charge in [0.05, 0.1) is 11.9 Å². The molecule has 1 aromatic heterocycles. The van der Waals surface area contributed by atoms with E-state index >= 15 is 0 Å². The van der Waals surface area contributed by atoms with Gasteiger partial charge in [-0.2, -0.15) is 0 Å². The zero-order valence-corrected chi connectivity index (χ0v) is 12.8. The number of pyridine rings is 1. The maximum atomic E-state index is 4.14. The van der Waals surface area contributed by atoms with Gasteiger partial charge in [-0.25, -0.2) is 0 Å². The average molecular weight is 356 g/mol. The van der Waals surface area contributed by atoms with Gasteiger partial charge in [-0.15, -0.1) is 0 Å². The van der Waals surface area contributed by atoms with Crippen LogP contribution in [0.5, 0.6) is 0 Å². The normalized spacial score (nSPS) is 10.4. The summed E-state index contributed by atoms with van der Waals surface area (Å²) in [5.41, 5.74) is 4.52. The highest BCUT2D eigenvalue weighted by Gasteiger charge is 2.05. The number of nitrogens with zero attached hydrogens (tertiary/aromatic N) is 1. The van der Waals surface area contributed by atoms with E-state index in [4.69, 9.17) is 0 Å². The number of hydrogen-bond acceptors (Lipinski definition) is 2. The summed E-state index contributed by atoms with van der Waals surface area (Å²) in [6, 6.07) is 6.20. The molecule has 0 saturated carbocycles. The van der Waals surface area contributed by atoms with Crippen LogP contribution in [0.25, 0.3) is 0 Å². The van der Waals surface area contributed by atoms with Gasteiger partial charge in [0.2, 0.25) is 0 Å². The summed E-state index contributed by atoms with van der Waals surface area (Å²) < 4.78 is 2.07. The van der Waals surface area contributed by atoms with Crippen LogP contribution in [0.2, 0.25) is 0 Å². The predicted octanol–water partition coefficient (Wildman–Crippen LogP) is 4.97. The Bertz CT molecular complexity index is 530. The van der Waals surface area contributed by atoms with Crippen LogP contribution in [0.3, 0.4) is 0 Å². The Morgan fingerprint density at radius 1 is 0.941 bits per heavy atom. The molecule has 0 aliphatic rings. The van der Waals surface area contributed by atoms with Crippen LogP contribution in [0.15, 0.2) is 39.5 Å². The van der Waals surface area contributed by atoms with Crippen molar-refractivity contribution < 1.29 is 0 Å². The van der Waals surface area contributed by atoms with Gasteiger partial charge in [0.1, 0.15) is 0 Å². The Hall–Kier alpha value is -0.870. The van der Waals surface area contributed by atoms with E-state index in [-0.39, 0.29) is 0 Å². The van der Waals surface area contributed by atoms with Crippen molar-refractivity contribution in [2.24, 2.45) is 0 Å². The van der Waals surface area contributed by atoms with E-state index in [1.807, 2.05) is 12.3 Å². The van der Waals surface area contributed by atoms with E-state index in [1.165, 1.54) is 11.1 Å². The first-order valence-electron chi connectivity index (χ1n) is 5.20. The van der Waals surface area contributed by atoms with Crippen molar-refractivity contribution in [3.05, 3.63) is 50.7 Å². The molecule has 0 aliphatic carbocycles. The second kappa shape index (κ2) is 5.19. The Balaban J connectivity index is 2.36. The van der Waals surface area contributed by atoms with Gasteiger partial charge in [0.25, 0.3) is 0 Å². The van der Waals surface area contributed by atoms with Crippen LogP contribution in [0.1, 0.15) is 11.1 Å². The molecule has 1 heterocycles. The molecule has 0 spiro atoms. The molecule has 0 saturated heterocycles. The van der Waals surface area contributed by atoms with Crippen molar-refractivity contribution in [2.45, 2.75) is 13.8 Å². The minimum atomic E-state index is 0.968. The molecule has 88 valence electrons. The predicted molar refractivity (Wildman–Crippen MR) is 78.8 cm³/mol. The first-order chi connectivity index (χ1) is 8.06. The van der Waals surface area contributed by atoms with E-state index in [1.54, 1.807) is 6.20 Å². The number of halogens is 2. The monoisotopic (exact) mass is 354 g/mol. The third-order valence-corrected chi connectivity index (χ3v) is 3.36. The zero-order valence-electron chi connectivity index (χ0n) is 9.59. The smallest absolute Gasteiger partial charge is 0.0582 e. The molecule has 2 nitrogen and oxygen atoms in total. The Labute approximate surface area is 118 Å². The van der Waals surface area contributed by atoms with E-state index in [9.17, 15) is 0 Å². The van der Waals surface area contributed by atoms with Crippen molar-refractivity contribution in [2.75, 3.05) is 5.32 Å². The van der Waals surface area contributed by atoms with Crippen molar-refractivity contribution in [1.29, 1.82) is 0 Å². The van der Waals surface area contributed by atoms with Crippen LogP contribution in [0, 0.1) is 13.8 Å². The molecular weight excluding hydrogens is 344 g/mol. The molecule has 0 atom stereocenters. The summed E-state index contributed by atoms with van der Waals surface area (Å²) in [7, 11) is 0. The minimum absolute atomic E-state index is 0.968. The second-order valence-electron chi connectivity index (χ2n) is 3.93. The lowest BCUT2D eigenvalue weighted by molar-refractivity contribution is 1.28. The van der Waals surface area contributed by atoms with Gasteiger partial charge in [-0.1, -0.05) is 15.9 Å². The topological polar surface area (TPSA) is 24.9 Å². The summed E-state index contributed by atoms with van der Waals surface area (Å²) in [6.45, 7) is 4.18. The molecule has 0 unspecified atom stereocenters. The fourth-order valence-electron chi connectivity index (χ4n) is 1.73. The summed E-state index contributed by atoms with van der Waals surface area (Å²) in [6.07, 6.45) is 3.58. The maximum absolute atomic E-state index is 4.14. The van der Waals surface area contributed by atoms with E-state index < -0.39 is 0 Å². The lowest BCUT2D eigenvalue weighted by Crippen LogP contribution is -1.96. The standard InChI is InChI=1S/C13H12Br2N2/c1-8-3-10(14)4-9(2)13(8)17-12-5-11(15)6-16-7-12/h3-7,17H,1-2H3. The molecular formula is C13H12Br2N2. The quantitative estimate of drug-likeness (QED) is 0.822. The third kappa shape index (κ3) is 3.07. The van der Waals surface area contributed by atoms with Crippen LogP contribution in [-0.2, 0) is 0 Å². The Morgan fingerprint density at radius 2 is 1.59 bits per heavy atom. The number of benzene rings is 1. The lowest BCUT2D eigenvalue weighted by Gasteiger charge is -2.13. The molecule has 1 aromatic carbocycles. The zero-order chi connectivity index (χ0) is 12.4. The minimum Gasteiger partial charge on any atom is -0.354 e. The number of aryl methyl sites for hydroxylation is 2. The van der Waals surface area contributed by atoms with Gasteiger partial charge in [-0.05, 0) is 59.1 Å². The van der Waals surface area contributed by atoms with Crippen LogP contribution >= 0.6 is 31.9 Å². The van der Waals surface area contributed by atoms with Gasteiger partial charge >= 0.3 is 0 Å². The Kier molecular flexibility index (Phi) is 3.84. The molecule has 2 aromatic rings. The number of rotatable bonds is 2. The summed E-state index contributed by atoms with van der Waals surface area (Å²) >= 11 is 6.91. The van der Waals surface area contributed by atoms with Gasteiger partial charge in [0, 0.05) is 20.8 Å². The summed E-state index contributed by atoms with van der Waals surface area (Å²) in [5, 5.41) is 3.40. The highest BCUT2D eigenvalue weighted by atomic mass is 79.9. The van der Waals surface area contributed by atoms with Gasteiger partial charge < -0.3 is 5.32 Å². The molecule has 17 heavy (non-hydrogen) atoms. The number of anilines is 2. The lowest BCUT2D eigenvalue weighted by atomic mass is 10.1. The van der Waals surface area contributed by atoms with Gasteiger partial charge in [-0.3, -0.25) is 4.98 Å². The van der Waals surface area contributed by atoms with Gasteiger partial charge in [0.15, 0.2) is 0 Å². The van der Waals surface area contributed by atoms with Crippen molar-refractivity contribution in [3.8, 4) is 0 Å². The van der Waals surface area contributed by atoms with Crippen LogP contribution in [0.4, 0.5) is 11.4 Å². The number of nitrogens with one attached hydrogen (secondary N) is 1. The Morgan fingerprint density at radius 3 is 2.18 bits per heavy atom. The summed E-state index contributed by atoms with van der Waals surface area (Å²) in [5.74, 6) is 0. The molecule has 0 amide bonds. The number of aromatic nitrogens is 1. The van der Waals surface area contributed by atoms with Crippen LogP contribution in [-0.4, -0.2) is 4.98 Å². The highest BCUT2D eigenvalue weighted by molar-refractivity contribution is 9.10. The van der Waals surface area contributed by atoms with E-state index in [0.717, 1.165) is 20.3 Å². The van der Waals surface area contributed by atoms with Crippen molar-refractivity contribution in [1.82, 2.24) is 4.98 Å². The van der Waals surface area contributed by atoms with Crippen molar-refractivity contribution >= 4 is 43.2 Å². The first-order valence-corrected chi connectivity index (χ1v) is 6.79. The van der Waals surface area contributed by atoms with E-state index in [2.05, 4.69) is 68.1 Å². The second-order valence-corrected chi connectivity index (χ2v) is 5.76. The largest absolute Gasteiger partial charge is 0.354 e. The molecule has 0 fully saturated rings.